The molecule has 370 valence electrons. The van der Waals surface area contributed by atoms with E-state index in [9.17, 15) is 0 Å². The van der Waals surface area contributed by atoms with Crippen LogP contribution in [0.2, 0.25) is 0 Å². The molecule has 0 saturated heterocycles. The van der Waals surface area contributed by atoms with Crippen LogP contribution in [0.25, 0.3) is 38.8 Å². The van der Waals surface area contributed by atoms with Crippen LogP contribution in [0.3, 0.4) is 0 Å². The maximum Gasteiger partial charge on any atom is 0.137 e. The number of nitrogens with zero attached hydrogens (tertiary/aromatic N) is 4. The van der Waals surface area contributed by atoms with Crippen molar-refractivity contribution in [3.8, 4) is 28.4 Å². The average Bonchev–Trinajstić information content (AvgIpc) is 3.95. The van der Waals surface area contributed by atoms with Crippen LogP contribution < -0.4 is 14.5 Å². The van der Waals surface area contributed by atoms with Crippen LogP contribution in [0.5, 0.6) is 11.5 Å². The monoisotopic (exact) mass is 961 g/mol. The molecule has 5 nitrogen and oxygen atoms in total. The molecule has 9 aromatic rings. The Labute approximate surface area is 434 Å². The summed E-state index contributed by atoms with van der Waals surface area (Å²) in [6, 6.07) is 66.2. The molecule has 2 aromatic heterocycles. The van der Waals surface area contributed by atoms with E-state index in [0.29, 0.717) is 6.67 Å². The minimum atomic E-state index is -0.247. The molecular formula is C68H72N4O. The fraction of sp³-hybridized carbons (Fsp3) is 0.279. The van der Waals surface area contributed by atoms with Gasteiger partial charge in [-0.3, -0.25) is 4.57 Å². The van der Waals surface area contributed by atoms with E-state index in [4.69, 9.17) is 9.72 Å². The summed E-state index contributed by atoms with van der Waals surface area (Å²) in [4.78, 5) is 10.2. The molecule has 0 bridgehead atoms. The van der Waals surface area contributed by atoms with Crippen LogP contribution in [-0.2, 0) is 16.2 Å². The molecule has 0 N–H and O–H groups in total. The Balaban J connectivity index is 1.09. The van der Waals surface area contributed by atoms with Gasteiger partial charge < -0.3 is 14.5 Å². The van der Waals surface area contributed by atoms with Crippen molar-refractivity contribution in [3.05, 3.63) is 227 Å². The molecule has 1 aliphatic heterocycles. The summed E-state index contributed by atoms with van der Waals surface area (Å²) in [5.74, 6) is 2.45. The van der Waals surface area contributed by atoms with Gasteiger partial charge in [0.1, 0.15) is 17.3 Å². The highest BCUT2D eigenvalue weighted by molar-refractivity contribution is 6.09. The minimum Gasteiger partial charge on any atom is -0.457 e. The molecule has 10 rings (SSSR count). The normalized spacial score (nSPS) is 13.9. The van der Waals surface area contributed by atoms with E-state index in [2.05, 4.69) is 286 Å². The van der Waals surface area contributed by atoms with E-state index < -0.39 is 0 Å². The lowest BCUT2D eigenvalue weighted by atomic mass is 9.77. The number of benzene rings is 7. The Kier molecular flexibility index (Phi) is 12.3. The number of anilines is 2. The fourth-order valence-electron chi connectivity index (χ4n) is 11.0. The number of para-hydroxylation sites is 1. The summed E-state index contributed by atoms with van der Waals surface area (Å²) < 4.78 is 9.44. The molecular weight excluding hydrogens is 889 g/mol. The second kappa shape index (κ2) is 18.3. The maximum absolute atomic E-state index is 7.14. The third-order valence-corrected chi connectivity index (χ3v) is 15.2. The molecule has 0 amide bonds. The van der Waals surface area contributed by atoms with E-state index in [-0.39, 0.29) is 27.1 Å². The molecule has 1 aliphatic rings. The Morgan fingerprint density at radius 3 is 1.52 bits per heavy atom. The second-order valence-corrected chi connectivity index (χ2v) is 24.3. The number of allylic oxidation sites excluding steroid dienone is 2. The van der Waals surface area contributed by atoms with Gasteiger partial charge in [0.25, 0.3) is 0 Å². The van der Waals surface area contributed by atoms with Crippen LogP contribution in [0.1, 0.15) is 118 Å². The van der Waals surface area contributed by atoms with Gasteiger partial charge in [-0.05, 0) is 99.0 Å². The lowest BCUT2D eigenvalue weighted by molar-refractivity contribution is 0.444. The van der Waals surface area contributed by atoms with Gasteiger partial charge in [-0.2, -0.15) is 0 Å². The van der Waals surface area contributed by atoms with Gasteiger partial charge in [0, 0.05) is 73.5 Å². The first kappa shape index (κ1) is 49.2. The van der Waals surface area contributed by atoms with Crippen LogP contribution >= 0.6 is 0 Å². The van der Waals surface area contributed by atoms with Crippen molar-refractivity contribution in [2.45, 2.75) is 106 Å². The molecule has 73 heavy (non-hydrogen) atoms. The van der Waals surface area contributed by atoms with E-state index in [1.165, 1.54) is 61.4 Å². The quantitative estimate of drug-likeness (QED) is 0.137. The number of hydrogen-bond acceptors (Lipinski definition) is 4. The highest BCUT2D eigenvalue weighted by atomic mass is 16.5. The predicted molar refractivity (Wildman–Crippen MR) is 309 cm³/mol. The fourth-order valence-corrected chi connectivity index (χ4v) is 11.0. The Bertz CT molecular complexity index is 3510. The summed E-state index contributed by atoms with van der Waals surface area (Å²) in [5.41, 5.74) is 14.7. The van der Waals surface area contributed by atoms with Crippen molar-refractivity contribution in [1.82, 2.24) is 9.55 Å². The Morgan fingerprint density at radius 1 is 0.384 bits per heavy atom. The van der Waals surface area contributed by atoms with E-state index >= 15 is 0 Å². The summed E-state index contributed by atoms with van der Waals surface area (Å²) in [6.45, 7) is 31.0. The smallest absolute Gasteiger partial charge is 0.137 e. The van der Waals surface area contributed by atoms with Gasteiger partial charge in [0.2, 0.25) is 0 Å². The molecule has 0 fully saturated rings. The molecule has 3 heterocycles. The van der Waals surface area contributed by atoms with Crippen molar-refractivity contribution in [2.75, 3.05) is 16.5 Å². The molecule has 0 aliphatic carbocycles. The molecule has 0 atom stereocenters. The lowest BCUT2D eigenvalue weighted by Crippen LogP contribution is -2.32. The third kappa shape index (κ3) is 9.35. The van der Waals surface area contributed by atoms with Gasteiger partial charge in [-0.15, -0.1) is 0 Å². The first-order valence-electron chi connectivity index (χ1n) is 26.0. The lowest BCUT2D eigenvalue weighted by Gasteiger charge is -2.35. The zero-order chi connectivity index (χ0) is 51.7. The molecule has 7 aromatic carbocycles. The first-order chi connectivity index (χ1) is 34.6. The third-order valence-electron chi connectivity index (χ3n) is 15.2. The van der Waals surface area contributed by atoms with Crippen molar-refractivity contribution in [1.29, 1.82) is 0 Å². The van der Waals surface area contributed by atoms with Crippen LogP contribution in [-0.4, -0.2) is 16.2 Å². The van der Waals surface area contributed by atoms with Crippen molar-refractivity contribution in [3.63, 3.8) is 0 Å². The van der Waals surface area contributed by atoms with Crippen molar-refractivity contribution < 1.29 is 4.74 Å². The average molecular weight is 961 g/mol. The minimum absolute atomic E-state index is 0.158. The second-order valence-electron chi connectivity index (χ2n) is 24.3. The van der Waals surface area contributed by atoms with Gasteiger partial charge >= 0.3 is 0 Å². The zero-order valence-electron chi connectivity index (χ0n) is 45.3. The standard InChI is InChI=1S/C68H72N4O/c1-64(2,3)51-39-54(43-56(41-51)73-55-33-34-58-57-31-23-24-32-59(57)72(60(58)44-55)61-42-50(35-36-69-61)67(10,11)48-27-19-15-20-28-48)71-45-70(62(65(4,5)6)63(71)66(7,8)9)53-38-47(46-25-17-14-18-26-46)37-52(40-53)68(12,13)49-29-21-16-22-30-49/h14-44H,45H2,1-13H3. The van der Waals surface area contributed by atoms with Gasteiger partial charge in [0.15, 0.2) is 0 Å². The number of rotatable bonds is 10. The summed E-state index contributed by atoms with van der Waals surface area (Å²) in [6.07, 6.45) is 1.95. The Hall–Kier alpha value is -7.37. The summed E-state index contributed by atoms with van der Waals surface area (Å²) in [5, 5.41) is 2.33. The molecule has 0 radical (unpaired) electrons. The first-order valence-corrected chi connectivity index (χ1v) is 26.0. The summed E-state index contributed by atoms with van der Waals surface area (Å²) >= 11 is 0. The highest BCUT2D eigenvalue weighted by Gasteiger charge is 2.43. The number of hydrogen-bond donors (Lipinski definition) is 0. The largest absolute Gasteiger partial charge is 0.457 e. The van der Waals surface area contributed by atoms with E-state index in [1.54, 1.807) is 0 Å². The van der Waals surface area contributed by atoms with Gasteiger partial charge in [-0.1, -0.05) is 205 Å². The van der Waals surface area contributed by atoms with Crippen LogP contribution in [0.4, 0.5) is 11.4 Å². The van der Waals surface area contributed by atoms with Crippen LogP contribution in [0.15, 0.2) is 200 Å². The zero-order valence-corrected chi connectivity index (χ0v) is 45.3. The number of fused-ring (bicyclic) bond motifs is 3. The van der Waals surface area contributed by atoms with E-state index in [1.807, 2.05) is 6.20 Å². The molecule has 0 unspecified atom stereocenters. The highest BCUT2D eigenvalue weighted by Crippen LogP contribution is 2.50. The summed E-state index contributed by atoms with van der Waals surface area (Å²) in [7, 11) is 0. The topological polar surface area (TPSA) is 33.5 Å². The molecule has 5 heteroatoms. The maximum atomic E-state index is 7.14. The van der Waals surface area contributed by atoms with Crippen molar-refractivity contribution in [2.24, 2.45) is 10.8 Å². The number of pyridine rings is 1. The predicted octanol–water partition coefficient (Wildman–Crippen LogP) is 18.2. The van der Waals surface area contributed by atoms with E-state index in [0.717, 1.165) is 39.4 Å². The SMILES string of the molecule is CC(C)(C)C1=C(C(C)(C)C)N(c2cc(-c3ccccc3)cc(C(C)(C)c3ccccc3)c2)CN1c1cc(Oc2ccc3c4ccccc4n(-c4cc(C(C)(C)c5ccccc5)ccn4)c3c2)cc(C(C)(C)C)c1. The molecule has 0 saturated carbocycles. The van der Waals surface area contributed by atoms with Gasteiger partial charge in [-0.25, -0.2) is 4.98 Å². The van der Waals surface area contributed by atoms with Crippen LogP contribution in [0, 0.1) is 10.8 Å². The van der Waals surface area contributed by atoms with Gasteiger partial charge in [0.05, 0.1) is 17.7 Å². The number of aromatic nitrogens is 2. The number of ether oxygens (including phenoxy) is 1. The van der Waals surface area contributed by atoms with Crippen molar-refractivity contribution >= 4 is 33.2 Å². The Morgan fingerprint density at radius 2 is 0.918 bits per heavy atom. The molecule has 0 spiro atoms.